The Morgan fingerprint density at radius 1 is 1.47 bits per heavy atom. The number of rotatable bonds is 3. The highest BCUT2D eigenvalue weighted by Crippen LogP contribution is 2.26. The molecule has 1 aliphatic carbocycles. The van der Waals surface area contributed by atoms with Crippen LogP contribution in [0.4, 0.5) is 0 Å². The zero-order valence-corrected chi connectivity index (χ0v) is 10.1. The lowest BCUT2D eigenvalue weighted by Crippen LogP contribution is -2.18. The SMILES string of the molecule is CCOC(=O)c1ccc2c(c1)C[C@H](CO)CC2. The highest BCUT2D eigenvalue weighted by Gasteiger charge is 2.19. The molecule has 0 radical (unpaired) electrons. The van der Waals surface area contributed by atoms with E-state index < -0.39 is 0 Å². The standard InChI is InChI=1S/C14H18O3/c1-2-17-14(16)12-6-5-11-4-3-10(9-15)7-13(11)8-12/h5-6,8,10,15H,2-4,7,9H2,1H3/t10-/m1/s1. The summed E-state index contributed by atoms with van der Waals surface area (Å²) >= 11 is 0. The van der Waals surface area contributed by atoms with Crippen LogP contribution in [-0.2, 0) is 17.6 Å². The van der Waals surface area contributed by atoms with E-state index in [0.717, 1.165) is 19.3 Å². The minimum Gasteiger partial charge on any atom is -0.462 e. The summed E-state index contributed by atoms with van der Waals surface area (Å²) in [6.45, 7) is 2.43. The number of hydrogen-bond donors (Lipinski definition) is 1. The Morgan fingerprint density at radius 2 is 2.29 bits per heavy atom. The molecule has 0 aliphatic heterocycles. The molecule has 1 aliphatic rings. The maximum absolute atomic E-state index is 11.6. The van der Waals surface area contributed by atoms with Gasteiger partial charge >= 0.3 is 5.97 Å². The number of hydrogen-bond acceptors (Lipinski definition) is 3. The normalized spacial score (nSPS) is 18.6. The fourth-order valence-electron chi connectivity index (χ4n) is 2.33. The van der Waals surface area contributed by atoms with Crippen molar-refractivity contribution in [1.29, 1.82) is 0 Å². The van der Waals surface area contributed by atoms with Gasteiger partial charge in [0.25, 0.3) is 0 Å². The number of aliphatic hydroxyl groups excluding tert-OH is 1. The summed E-state index contributed by atoms with van der Waals surface area (Å²) in [5.74, 6) is 0.0707. The number of aryl methyl sites for hydroxylation is 1. The first kappa shape index (κ1) is 12.1. The van der Waals surface area contributed by atoms with E-state index in [1.165, 1.54) is 11.1 Å². The molecule has 1 N–H and O–H groups in total. The van der Waals surface area contributed by atoms with Crippen LogP contribution >= 0.6 is 0 Å². The van der Waals surface area contributed by atoms with Gasteiger partial charge < -0.3 is 9.84 Å². The third kappa shape index (κ3) is 2.67. The van der Waals surface area contributed by atoms with Crippen molar-refractivity contribution < 1.29 is 14.6 Å². The molecule has 2 rings (SSSR count). The molecule has 0 heterocycles. The molecule has 0 saturated carbocycles. The van der Waals surface area contributed by atoms with Crippen LogP contribution in [0.15, 0.2) is 18.2 Å². The summed E-state index contributed by atoms with van der Waals surface area (Å²) in [6.07, 6.45) is 2.88. The zero-order chi connectivity index (χ0) is 12.3. The molecule has 1 atom stereocenters. The average molecular weight is 234 g/mol. The van der Waals surface area contributed by atoms with Gasteiger partial charge in [0, 0.05) is 6.61 Å². The third-order valence-corrected chi connectivity index (χ3v) is 3.31. The minimum atomic E-state index is -0.263. The molecule has 17 heavy (non-hydrogen) atoms. The van der Waals surface area contributed by atoms with Crippen molar-refractivity contribution in [2.24, 2.45) is 5.92 Å². The van der Waals surface area contributed by atoms with Gasteiger partial charge in [-0.2, -0.15) is 0 Å². The fraction of sp³-hybridized carbons (Fsp3) is 0.500. The van der Waals surface area contributed by atoms with E-state index in [4.69, 9.17) is 4.74 Å². The highest BCUT2D eigenvalue weighted by molar-refractivity contribution is 5.89. The smallest absolute Gasteiger partial charge is 0.338 e. The molecule has 0 bridgehead atoms. The first-order valence-electron chi connectivity index (χ1n) is 6.14. The van der Waals surface area contributed by atoms with E-state index in [9.17, 15) is 9.90 Å². The van der Waals surface area contributed by atoms with Crippen LogP contribution < -0.4 is 0 Å². The summed E-state index contributed by atoms with van der Waals surface area (Å²) in [6, 6.07) is 5.75. The predicted octanol–water partition coefficient (Wildman–Crippen LogP) is 1.96. The molecule has 1 aromatic rings. The summed E-state index contributed by atoms with van der Waals surface area (Å²) < 4.78 is 4.98. The Morgan fingerprint density at radius 3 is 3.00 bits per heavy atom. The average Bonchev–Trinajstić information content (AvgIpc) is 2.37. The van der Waals surface area contributed by atoms with Gasteiger partial charge in [-0.1, -0.05) is 6.07 Å². The molecule has 0 saturated heterocycles. The van der Waals surface area contributed by atoms with Crippen molar-refractivity contribution in [1.82, 2.24) is 0 Å². The van der Waals surface area contributed by atoms with Gasteiger partial charge in [0.1, 0.15) is 0 Å². The van der Waals surface area contributed by atoms with Crippen molar-refractivity contribution in [2.75, 3.05) is 13.2 Å². The lowest BCUT2D eigenvalue weighted by Gasteiger charge is -2.23. The molecule has 0 aromatic heterocycles. The fourth-order valence-corrected chi connectivity index (χ4v) is 2.33. The van der Waals surface area contributed by atoms with Crippen molar-refractivity contribution >= 4 is 5.97 Å². The Bertz CT molecular complexity index is 412. The van der Waals surface area contributed by atoms with E-state index in [2.05, 4.69) is 0 Å². The second kappa shape index (κ2) is 5.32. The number of ether oxygens (including phenoxy) is 1. The van der Waals surface area contributed by atoms with Gasteiger partial charge in [-0.3, -0.25) is 0 Å². The Kier molecular flexibility index (Phi) is 3.79. The van der Waals surface area contributed by atoms with Gasteiger partial charge in [0.15, 0.2) is 0 Å². The molecule has 0 amide bonds. The molecule has 3 nitrogen and oxygen atoms in total. The monoisotopic (exact) mass is 234 g/mol. The Balaban J connectivity index is 2.21. The predicted molar refractivity (Wildman–Crippen MR) is 65.0 cm³/mol. The van der Waals surface area contributed by atoms with E-state index in [1.54, 1.807) is 6.92 Å². The number of benzene rings is 1. The first-order valence-corrected chi connectivity index (χ1v) is 6.14. The van der Waals surface area contributed by atoms with Gasteiger partial charge in [-0.15, -0.1) is 0 Å². The Hall–Kier alpha value is -1.35. The van der Waals surface area contributed by atoms with Gasteiger partial charge in [0.05, 0.1) is 12.2 Å². The van der Waals surface area contributed by atoms with Crippen LogP contribution in [0.25, 0.3) is 0 Å². The topological polar surface area (TPSA) is 46.5 Å². The van der Waals surface area contributed by atoms with Crippen LogP contribution in [0.1, 0.15) is 34.8 Å². The molecule has 0 fully saturated rings. The van der Waals surface area contributed by atoms with Crippen LogP contribution in [-0.4, -0.2) is 24.3 Å². The number of carbonyl (C=O) groups excluding carboxylic acids is 1. The quantitative estimate of drug-likeness (QED) is 0.813. The summed E-state index contributed by atoms with van der Waals surface area (Å²) in [5.41, 5.74) is 3.09. The molecular formula is C14H18O3. The molecule has 1 aromatic carbocycles. The van der Waals surface area contributed by atoms with Crippen molar-refractivity contribution in [3.8, 4) is 0 Å². The van der Waals surface area contributed by atoms with E-state index in [0.29, 0.717) is 18.1 Å². The summed E-state index contributed by atoms with van der Waals surface area (Å²) in [5, 5.41) is 9.19. The van der Waals surface area contributed by atoms with Gasteiger partial charge in [0.2, 0.25) is 0 Å². The molecule has 0 unspecified atom stereocenters. The molecule has 3 heteroatoms. The minimum absolute atomic E-state index is 0.225. The van der Waals surface area contributed by atoms with Crippen LogP contribution in [0, 0.1) is 5.92 Å². The maximum atomic E-state index is 11.6. The number of aliphatic hydroxyl groups is 1. The highest BCUT2D eigenvalue weighted by atomic mass is 16.5. The first-order chi connectivity index (χ1) is 8.24. The number of fused-ring (bicyclic) bond motifs is 1. The van der Waals surface area contributed by atoms with Gasteiger partial charge in [-0.05, 0) is 55.4 Å². The van der Waals surface area contributed by atoms with Crippen molar-refractivity contribution in [2.45, 2.75) is 26.2 Å². The second-order valence-corrected chi connectivity index (χ2v) is 4.50. The third-order valence-electron chi connectivity index (χ3n) is 3.31. The summed E-state index contributed by atoms with van der Waals surface area (Å²) in [4.78, 5) is 11.6. The Labute approximate surface area is 101 Å². The van der Waals surface area contributed by atoms with E-state index in [-0.39, 0.29) is 12.6 Å². The number of carbonyl (C=O) groups is 1. The van der Waals surface area contributed by atoms with Crippen molar-refractivity contribution in [3.63, 3.8) is 0 Å². The zero-order valence-electron chi connectivity index (χ0n) is 10.1. The second-order valence-electron chi connectivity index (χ2n) is 4.50. The molecule has 92 valence electrons. The van der Waals surface area contributed by atoms with Crippen molar-refractivity contribution in [3.05, 3.63) is 34.9 Å². The lowest BCUT2D eigenvalue weighted by atomic mass is 9.83. The van der Waals surface area contributed by atoms with Crippen LogP contribution in [0.2, 0.25) is 0 Å². The largest absolute Gasteiger partial charge is 0.462 e. The molecular weight excluding hydrogens is 216 g/mol. The lowest BCUT2D eigenvalue weighted by molar-refractivity contribution is 0.0526. The summed E-state index contributed by atoms with van der Waals surface area (Å²) in [7, 11) is 0. The van der Waals surface area contributed by atoms with Crippen LogP contribution in [0.5, 0.6) is 0 Å². The van der Waals surface area contributed by atoms with E-state index in [1.807, 2.05) is 18.2 Å². The van der Waals surface area contributed by atoms with E-state index >= 15 is 0 Å². The maximum Gasteiger partial charge on any atom is 0.338 e. The van der Waals surface area contributed by atoms with Crippen LogP contribution in [0.3, 0.4) is 0 Å². The molecule has 0 spiro atoms. The number of esters is 1. The van der Waals surface area contributed by atoms with Gasteiger partial charge in [-0.25, -0.2) is 4.79 Å².